The van der Waals surface area contributed by atoms with Crippen LogP contribution in [0.25, 0.3) is 0 Å². The van der Waals surface area contributed by atoms with Gasteiger partial charge in [-0.15, -0.1) is 0 Å². The summed E-state index contributed by atoms with van der Waals surface area (Å²) in [5.74, 6) is 0.269. The SMILES string of the molecule is Cc1ccc(NC(=O)CCNC(=O)C2CC2C)cc1S(=O)(=O)N1CCCCCC1. The molecule has 2 aliphatic rings. The molecule has 3 rings (SSSR count). The van der Waals surface area contributed by atoms with E-state index in [0.717, 1.165) is 32.1 Å². The van der Waals surface area contributed by atoms with Crippen LogP contribution in [0.5, 0.6) is 0 Å². The number of amides is 2. The lowest BCUT2D eigenvalue weighted by atomic mass is 10.2. The van der Waals surface area contributed by atoms with E-state index in [9.17, 15) is 18.0 Å². The fourth-order valence-corrected chi connectivity index (χ4v) is 5.49. The second-order valence-corrected chi connectivity index (χ2v) is 10.1. The summed E-state index contributed by atoms with van der Waals surface area (Å²) in [6.45, 7) is 5.16. The Morgan fingerprint density at radius 1 is 1.14 bits per heavy atom. The first-order chi connectivity index (χ1) is 13.8. The third-order valence-corrected chi connectivity index (χ3v) is 7.79. The second kappa shape index (κ2) is 9.26. The van der Waals surface area contributed by atoms with E-state index in [-0.39, 0.29) is 35.6 Å². The Balaban J connectivity index is 1.60. The van der Waals surface area contributed by atoms with Gasteiger partial charge in [-0.05, 0) is 49.8 Å². The van der Waals surface area contributed by atoms with Crippen molar-refractivity contribution < 1.29 is 18.0 Å². The van der Waals surface area contributed by atoms with Crippen molar-refractivity contribution in [2.24, 2.45) is 11.8 Å². The monoisotopic (exact) mass is 421 g/mol. The van der Waals surface area contributed by atoms with Crippen LogP contribution in [0.3, 0.4) is 0 Å². The van der Waals surface area contributed by atoms with Gasteiger partial charge in [0.1, 0.15) is 0 Å². The Bertz CT molecular complexity index is 861. The van der Waals surface area contributed by atoms with Gasteiger partial charge in [-0.2, -0.15) is 4.31 Å². The van der Waals surface area contributed by atoms with Crippen LogP contribution in [-0.2, 0) is 19.6 Å². The molecule has 0 spiro atoms. The van der Waals surface area contributed by atoms with E-state index in [1.54, 1.807) is 23.4 Å². The van der Waals surface area contributed by atoms with Gasteiger partial charge in [0.2, 0.25) is 21.8 Å². The highest BCUT2D eigenvalue weighted by molar-refractivity contribution is 7.89. The van der Waals surface area contributed by atoms with Crippen LogP contribution in [0.1, 0.15) is 51.0 Å². The molecule has 160 valence electrons. The van der Waals surface area contributed by atoms with Crippen LogP contribution in [0.15, 0.2) is 23.1 Å². The van der Waals surface area contributed by atoms with Crippen molar-refractivity contribution in [2.75, 3.05) is 25.0 Å². The molecule has 0 aromatic heterocycles. The summed E-state index contributed by atoms with van der Waals surface area (Å²) in [6, 6.07) is 4.97. The molecule has 1 heterocycles. The zero-order chi connectivity index (χ0) is 21.0. The minimum Gasteiger partial charge on any atom is -0.355 e. The molecule has 1 aliphatic heterocycles. The predicted octanol–water partition coefficient (Wildman–Crippen LogP) is 2.66. The molecule has 2 amide bonds. The number of hydrogen-bond acceptors (Lipinski definition) is 4. The molecule has 0 radical (unpaired) electrons. The van der Waals surface area contributed by atoms with Crippen LogP contribution < -0.4 is 10.6 Å². The molecule has 2 fully saturated rings. The van der Waals surface area contributed by atoms with Crippen molar-refractivity contribution in [3.05, 3.63) is 23.8 Å². The largest absolute Gasteiger partial charge is 0.355 e. The van der Waals surface area contributed by atoms with Crippen LogP contribution in [-0.4, -0.2) is 44.2 Å². The van der Waals surface area contributed by atoms with Gasteiger partial charge < -0.3 is 10.6 Å². The standard InChI is InChI=1S/C21H31N3O4S/c1-15-7-8-17(23-20(25)9-10-22-21(26)18-13-16(18)2)14-19(15)29(27,28)24-11-5-3-4-6-12-24/h7-8,14,16,18H,3-6,9-13H2,1-2H3,(H,22,26)(H,23,25). The Hall–Kier alpha value is -1.93. The topological polar surface area (TPSA) is 95.6 Å². The maximum atomic E-state index is 13.1. The molecule has 1 aromatic rings. The number of hydrogen-bond donors (Lipinski definition) is 2. The maximum Gasteiger partial charge on any atom is 0.243 e. The Kier molecular flexibility index (Phi) is 6.95. The molecule has 1 aromatic carbocycles. The van der Waals surface area contributed by atoms with Crippen molar-refractivity contribution in [1.82, 2.24) is 9.62 Å². The summed E-state index contributed by atoms with van der Waals surface area (Å²) in [5.41, 5.74) is 1.12. The molecule has 7 nitrogen and oxygen atoms in total. The quantitative estimate of drug-likeness (QED) is 0.707. The van der Waals surface area contributed by atoms with E-state index < -0.39 is 10.0 Å². The average Bonchev–Trinajstić information content (AvgIpc) is 3.45. The normalized spacial score (nSPS) is 22.6. The lowest BCUT2D eigenvalue weighted by Gasteiger charge is -2.21. The smallest absolute Gasteiger partial charge is 0.243 e. The highest BCUT2D eigenvalue weighted by Crippen LogP contribution is 2.37. The van der Waals surface area contributed by atoms with E-state index in [2.05, 4.69) is 10.6 Å². The second-order valence-electron chi connectivity index (χ2n) is 8.21. The number of anilines is 1. The van der Waals surface area contributed by atoms with Gasteiger partial charge in [0.05, 0.1) is 4.90 Å². The highest BCUT2D eigenvalue weighted by Gasteiger charge is 2.38. The molecule has 8 heteroatoms. The van der Waals surface area contributed by atoms with Gasteiger partial charge in [-0.1, -0.05) is 25.8 Å². The number of aryl methyl sites for hydroxylation is 1. The molecular weight excluding hydrogens is 390 g/mol. The summed E-state index contributed by atoms with van der Waals surface area (Å²) in [5, 5.41) is 5.53. The van der Waals surface area contributed by atoms with E-state index in [1.165, 1.54) is 6.07 Å². The molecule has 2 atom stereocenters. The summed E-state index contributed by atoms with van der Waals surface area (Å²) >= 11 is 0. The molecule has 2 unspecified atom stereocenters. The van der Waals surface area contributed by atoms with Crippen molar-refractivity contribution >= 4 is 27.5 Å². The van der Waals surface area contributed by atoms with Crippen LogP contribution in [0, 0.1) is 18.8 Å². The van der Waals surface area contributed by atoms with Gasteiger partial charge in [-0.3, -0.25) is 9.59 Å². The van der Waals surface area contributed by atoms with Gasteiger partial charge in [0.25, 0.3) is 0 Å². The minimum atomic E-state index is -3.59. The fourth-order valence-electron chi connectivity index (χ4n) is 3.72. The van der Waals surface area contributed by atoms with Gasteiger partial charge in [0.15, 0.2) is 0 Å². The Morgan fingerprint density at radius 2 is 1.79 bits per heavy atom. The number of sulfonamides is 1. The summed E-state index contributed by atoms with van der Waals surface area (Å²) in [4.78, 5) is 24.3. The minimum absolute atomic E-state index is 0.00599. The van der Waals surface area contributed by atoms with E-state index in [1.807, 2.05) is 6.92 Å². The first-order valence-corrected chi connectivity index (χ1v) is 11.9. The van der Waals surface area contributed by atoms with Gasteiger partial charge >= 0.3 is 0 Å². The van der Waals surface area contributed by atoms with Crippen molar-refractivity contribution in [1.29, 1.82) is 0 Å². The third-order valence-electron chi connectivity index (χ3n) is 5.75. The van der Waals surface area contributed by atoms with E-state index >= 15 is 0 Å². The lowest BCUT2D eigenvalue weighted by molar-refractivity contribution is -0.122. The predicted molar refractivity (Wildman–Crippen MR) is 112 cm³/mol. The number of benzene rings is 1. The maximum absolute atomic E-state index is 13.1. The zero-order valence-corrected chi connectivity index (χ0v) is 18.1. The molecule has 1 saturated heterocycles. The third kappa shape index (κ3) is 5.57. The average molecular weight is 422 g/mol. The molecule has 0 bridgehead atoms. The lowest BCUT2D eigenvalue weighted by Crippen LogP contribution is -2.32. The van der Waals surface area contributed by atoms with Crippen molar-refractivity contribution in [3.63, 3.8) is 0 Å². The van der Waals surface area contributed by atoms with Crippen molar-refractivity contribution in [2.45, 2.75) is 57.3 Å². The van der Waals surface area contributed by atoms with Crippen molar-refractivity contribution in [3.8, 4) is 0 Å². The summed E-state index contributed by atoms with van der Waals surface area (Å²) in [7, 11) is -3.59. The van der Waals surface area contributed by atoms with E-state index in [0.29, 0.717) is 30.3 Å². The summed E-state index contributed by atoms with van der Waals surface area (Å²) in [6.07, 6.45) is 4.92. The Morgan fingerprint density at radius 3 is 2.41 bits per heavy atom. The van der Waals surface area contributed by atoms with Crippen LogP contribution >= 0.6 is 0 Å². The number of carbonyl (C=O) groups excluding carboxylic acids is 2. The number of rotatable bonds is 7. The summed E-state index contributed by atoms with van der Waals surface area (Å²) < 4.78 is 27.8. The van der Waals surface area contributed by atoms with E-state index in [4.69, 9.17) is 0 Å². The Labute approximate surface area is 173 Å². The number of nitrogens with one attached hydrogen (secondary N) is 2. The molecule has 29 heavy (non-hydrogen) atoms. The first kappa shape index (κ1) is 21.8. The molecule has 2 N–H and O–H groups in total. The first-order valence-electron chi connectivity index (χ1n) is 10.5. The number of nitrogens with zero attached hydrogens (tertiary/aromatic N) is 1. The molecule has 1 aliphatic carbocycles. The molecular formula is C21H31N3O4S. The fraction of sp³-hybridized carbons (Fsp3) is 0.619. The zero-order valence-electron chi connectivity index (χ0n) is 17.2. The highest BCUT2D eigenvalue weighted by atomic mass is 32.2. The number of carbonyl (C=O) groups is 2. The van der Waals surface area contributed by atoms with Gasteiger partial charge in [0, 0.05) is 37.7 Å². The van der Waals surface area contributed by atoms with Crippen LogP contribution in [0.2, 0.25) is 0 Å². The van der Waals surface area contributed by atoms with Crippen LogP contribution in [0.4, 0.5) is 5.69 Å². The molecule has 1 saturated carbocycles. The van der Waals surface area contributed by atoms with Gasteiger partial charge in [-0.25, -0.2) is 8.42 Å².